The van der Waals surface area contributed by atoms with Gasteiger partial charge in [0.1, 0.15) is 11.6 Å². The molecule has 2 aromatic rings. The van der Waals surface area contributed by atoms with E-state index in [0.29, 0.717) is 23.1 Å². The Hall–Kier alpha value is -0.910. The van der Waals surface area contributed by atoms with E-state index in [2.05, 4.69) is 31.9 Å². The van der Waals surface area contributed by atoms with E-state index in [4.69, 9.17) is 4.74 Å². The summed E-state index contributed by atoms with van der Waals surface area (Å²) < 4.78 is 20.5. The second kappa shape index (κ2) is 6.07. The van der Waals surface area contributed by atoms with Gasteiger partial charge < -0.3 is 9.84 Å². The molecule has 0 radical (unpaired) electrons. The maximum atomic E-state index is 13.6. The van der Waals surface area contributed by atoms with E-state index in [1.165, 1.54) is 6.07 Å². The second-order valence-electron chi connectivity index (χ2n) is 5.01. The van der Waals surface area contributed by atoms with Crippen LogP contribution >= 0.6 is 31.9 Å². The number of halogens is 3. The average Bonchev–Trinajstić information content (AvgIpc) is 2.90. The van der Waals surface area contributed by atoms with Crippen LogP contribution in [-0.4, -0.2) is 11.7 Å². The van der Waals surface area contributed by atoms with Crippen molar-refractivity contribution in [2.75, 3.05) is 6.61 Å². The van der Waals surface area contributed by atoms with Crippen molar-refractivity contribution in [3.05, 3.63) is 61.8 Å². The topological polar surface area (TPSA) is 29.5 Å². The summed E-state index contributed by atoms with van der Waals surface area (Å²) >= 11 is 6.68. The Labute approximate surface area is 139 Å². The Balaban J connectivity index is 1.92. The Bertz CT molecular complexity index is 688. The average molecular weight is 416 g/mol. The molecule has 2 nitrogen and oxygen atoms in total. The molecule has 1 atom stereocenters. The third kappa shape index (κ3) is 3.00. The van der Waals surface area contributed by atoms with Gasteiger partial charge in [-0.15, -0.1) is 0 Å². The quantitative estimate of drug-likeness (QED) is 0.796. The highest BCUT2D eigenvalue weighted by molar-refractivity contribution is 9.10. The van der Waals surface area contributed by atoms with Gasteiger partial charge >= 0.3 is 0 Å². The van der Waals surface area contributed by atoms with E-state index >= 15 is 0 Å². The Morgan fingerprint density at radius 3 is 2.90 bits per heavy atom. The van der Waals surface area contributed by atoms with Crippen molar-refractivity contribution >= 4 is 31.9 Å². The number of aliphatic hydroxyl groups is 1. The zero-order chi connectivity index (χ0) is 15.0. The predicted octanol–water partition coefficient (Wildman–Crippen LogP) is 4.56. The van der Waals surface area contributed by atoms with Crippen molar-refractivity contribution in [2.24, 2.45) is 0 Å². The molecule has 3 rings (SSSR count). The largest absolute Gasteiger partial charge is 0.493 e. The first-order chi connectivity index (χ1) is 10.1. The number of hydrogen-bond acceptors (Lipinski definition) is 2. The molecule has 0 spiro atoms. The van der Waals surface area contributed by atoms with E-state index in [1.807, 2.05) is 12.1 Å². The lowest BCUT2D eigenvalue weighted by Gasteiger charge is -2.16. The Morgan fingerprint density at radius 1 is 1.29 bits per heavy atom. The SMILES string of the molecule is OC(Cc1cc(Br)cc2c1OCC2)c1cccc(F)c1Br. The zero-order valence-corrected chi connectivity index (χ0v) is 14.2. The molecule has 1 heterocycles. The highest BCUT2D eigenvalue weighted by atomic mass is 79.9. The highest BCUT2D eigenvalue weighted by Crippen LogP contribution is 2.36. The molecule has 0 aliphatic carbocycles. The smallest absolute Gasteiger partial charge is 0.137 e. The molecule has 110 valence electrons. The fraction of sp³-hybridized carbons (Fsp3) is 0.250. The number of hydrogen-bond donors (Lipinski definition) is 1. The van der Waals surface area contributed by atoms with Crippen LogP contribution in [0.2, 0.25) is 0 Å². The van der Waals surface area contributed by atoms with Crippen LogP contribution in [0.4, 0.5) is 4.39 Å². The van der Waals surface area contributed by atoms with Crippen LogP contribution in [0.5, 0.6) is 5.75 Å². The molecule has 1 aliphatic heterocycles. The molecule has 1 unspecified atom stereocenters. The van der Waals surface area contributed by atoms with Gasteiger partial charge in [0, 0.05) is 17.3 Å². The van der Waals surface area contributed by atoms with Crippen LogP contribution in [-0.2, 0) is 12.8 Å². The molecule has 0 amide bonds. The maximum Gasteiger partial charge on any atom is 0.137 e. The van der Waals surface area contributed by atoms with Gasteiger partial charge in [0.2, 0.25) is 0 Å². The normalized spacial score (nSPS) is 14.7. The van der Waals surface area contributed by atoms with Crippen LogP contribution < -0.4 is 4.74 Å². The molecular weight excluding hydrogens is 403 g/mol. The molecule has 0 aromatic heterocycles. The van der Waals surface area contributed by atoms with Crippen molar-refractivity contribution in [3.8, 4) is 5.75 Å². The summed E-state index contributed by atoms with van der Waals surface area (Å²) in [5, 5.41) is 10.4. The van der Waals surface area contributed by atoms with Crippen molar-refractivity contribution in [3.63, 3.8) is 0 Å². The zero-order valence-electron chi connectivity index (χ0n) is 11.1. The molecular formula is C16H13Br2FO2. The number of rotatable bonds is 3. The van der Waals surface area contributed by atoms with E-state index in [1.54, 1.807) is 12.1 Å². The molecule has 5 heteroatoms. The first-order valence-corrected chi connectivity index (χ1v) is 8.21. The van der Waals surface area contributed by atoms with E-state index in [-0.39, 0.29) is 5.82 Å². The minimum absolute atomic E-state index is 0.310. The van der Waals surface area contributed by atoms with Gasteiger partial charge in [0.25, 0.3) is 0 Å². The lowest BCUT2D eigenvalue weighted by molar-refractivity contribution is 0.175. The summed E-state index contributed by atoms with van der Waals surface area (Å²) in [6.07, 6.45) is 0.461. The number of benzene rings is 2. The van der Waals surface area contributed by atoms with Gasteiger partial charge in [-0.1, -0.05) is 28.1 Å². The van der Waals surface area contributed by atoms with E-state index in [0.717, 1.165) is 27.8 Å². The van der Waals surface area contributed by atoms with Crippen molar-refractivity contribution in [1.82, 2.24) is 0 Å². The van der Waals surface area contributed by atoms with E-state index in [9.17, 15) is 9.50 Å². The van der Waals surface area contributed by atoms with Crippen molar-refractivity contribution in [2.45, 2.75) is 18.9 Å². The maximum absolute atomic E-state index is 13.6. The number of ether oxygens (including phenoxy) is 1. The molecule has 1 aliphatic rings. The van der Waals surface area contributed by atoms with Crippen LogP contribution in [0, 0.1) is 5.82 Å². The molecule has 1 N–H and O–H groups in total. The van der Waals surface area contributed by atoms with Crippen LogP contribution in [0.1, 0.15) is 22.8 Å². The monoisotopic (exact) mass is 414 g/mol. The van der Waals surface area contributed by atoms with Crippen molar-refractivity contribution in [1.29, 1.82) is 0 Å². The third-order valence-corrected chi connectivity index (χ3v) is 4.87. The lowest BCUT2D eigenvalue weighted by Crippen LogP contribution is -2.05. The lowest BCUT2D eigenvalue weighted by atomic mass is 9.99. The Morgan fingerprint density at radius 2 is 2.10 bits per heavy atom. The van der Waals surface area contributed by atoms with Gasteiger partial charge in [-0.25, -0.2) is 4.39 Å². The van der Waals surface area contributed by atoms with Crippen LogP contribution in [0.15, 0.2) is 39.3 Å². The third-order valence-electron chi connectivity index (χ3n) is 3.58. The molecule has 0 saturated carbocycles. The van der Waals surface area contributed by atoms with Crippen molar-refractivity contribution < 1.29 is 14.2 Å². The van der Waals surface area contributed by atoms with Crippen LogP contribution in [0.3, 0.4) is 0 Å². The molecule has 0 bridgehead atoms. The molecule has 0 saturated heterocycles. The van der Waals surface area contributed by atoms with Crippen LogP contribution in [0.25, 0.3) is 0 Å². The predicted molar refractivity (Wildman–Crippen MR) is 86.1 cm³/mol. The minimum Gasteiger partial charge on any atom is -0.493 e. The van der Waals surface area contributed by atoms with Gasteiger partial charge in [0.05, 0.1) is 17.2 Å². The molecule has 0 fully saturated rings. The summed E-state index contributed by atoms with van der Waals surface area (Å²) in [6, 6.07) is 8.66. The Kier molecular flexibility index (Phi) is 4.33. The fourth-order valence-corrected chi connectivity index (χ4v) is 3.67. The summed E-state index contributed by atoms with van der Waals surface area (Å²) in [5.41, 5.74) is 2.62. The van der Waals surface area contributed by atoms with Gasteiger partial charge in [-0.2, -0.15) is 0 Å². The van der Waals surface area contributed by atoms with E-state index < -0.39 is 6.10 Å². The minimum atomic E-state index is -0.794. The highest BCUT2D eigenvalue weighted by Gasteiger charge is 2.21. The first-order valence-electron chi connectivity index (χ1n) is 6.62. The summed E-state index contributed by atoms with van der Waals surface area (Å²) in [4.78, 5) is 0. The van der Waals surface area contributed by atoms with Gasteiger partial charge in [-0.05, 0) is 50.8 Å². The number of aliphatic hydroxyl groups excluding tert-OH is 1. The summed E-state index contributed by atoms with van der Waals surface area (Å²) in [5.74, 6) is 0.479. The standard InChI is InChI=1S/C16H13Br2FO2/c17-11-6-9-4-5-21-16(9)10(7-11)8-14(20)12-2-1-3-13(19)15(12)18/h1-3,6-7,14,20H,4-5,8H2. The molecule has 2 aromatic carbocycles. The summed E-state index contributed by atoms with van der Waals surface area (Å²) in [6.45, 7) is 0.665. The fourth-order valence-electron chi connectivity index (χ4n) is 2.59. The van der Waals surface area contributed by atoms with Gasteiger partial charge in [0.15, 0.2) is 0 Å². The first kappa shape index (κ1) is 15.0. The number of fused-ring (bicyclic) bond motifs is 1. The second-order valence-corrected chi connectivity index (χ2v) is 6.72. The molecule has 21 heavy (non-hydrogen) atoms. The van der Waals surface area contributed by atoms with Gasteiger partial charge in [-0.3, -0.25) is 0 Å². The summed E-state index contributed by atoms with van der Waals surface area (Å²) in [7, 11) is 0.